The maximum absolute atomic E-state index is 11.5. The lowest BCUT2D eigenvalue weighted by molar-refractivity contribution is -0.131. The highest BCUT2D eigenvalue weighted by Gasteiger charge is 2.29. The van der Waals surface area contributed by atoms with Crippen LogP contribution in [0, 0.1) is 0 Å². The Morgan fingerprint density at radius 2 is 1.81 bits per heavy atom. The fourth-order valence-electron chi connectivity index (χ4n) is 1.51. The number of cyclic esters (lactones) is 2. The quantitative estimate of drug-likeness (QED) is 0.347. The zero-order chi connectivity index (χ0) is 11.7. The zero-order valence-electron chi connectivity index (χ0n) is 8.51. The van der Waals surface area contributed by atoms with E-state index in [1.165, 1.54) is 10.5 Å². The lowest BCUT2D eigenvalue weighted by atomic mass is 9.98. The number of hydrogen-bond acceptors (Lipinski definition) is 5. The van der Waals surface area contributed by atoms with Crippen molar-refractivity contribution in [1.29, 1.82) is 0 Å². The molecule has 0 unspecified atom stereocenters. The highest BCUT2D eigenvalue weighted by Crippen LogP contribution is 2.26. The average Bonchev–Trinajstić information content (AvgIpc) is 2.24. The van der Waals surface area contributed by atoms with Gasteiger partial charge in [0.25, 0.3) is 0 Å². The minimum atomic E-state index is -0.649. The Morgan fingerprint density at radius 3 is 2.44 bits per heavy atom. The molecule has 1 aromatic rings. The van der Waals surface area contributed by atoms with E-state index in [1.807, 2.05) is 0 Å². The summed E-state index contributed by atoms with van der Waals surface area (Å²) in [5.74, 6) is -1.26. The summed E-state index contributed by atoms with van der Waals surface area (Å²) in [6.45, 7) is 0. The summed E-state index contributed by atoms with van der Waals surface area (Å²) in [7, 11) is 1.67. The van der Waals surface area contributed by atoms with Crippen molar-refractivity contribution in [3.8, 4) is 0 Å². The van der Waals surface area contributed by atoms with Gasteiger partial charge in [-0.1, -0.05) is 31.0 Å². The van der Waals surface area contributed by atoms with Gasteiger partial charge < -0.3 is 9.04 Å². The number of esters is 2. The standard InChI is InChI=1S/C11H9NO3S/c1-12(16)6-9-7-4-2-3-5-8(7)10(13)15-11(9)14/h2-6,16H,1H3/b9-6+. The third-order valence-corrected chi connectivity index (χ3v) is 2.27. The van der Waals surface area contributed by atoms with Gasteiger partial charge in [-0.15, -0.1) is 0 Å². The molecule has 5 heteroatoms. The van der Waals surface area contributed by atoms with Crippen molar-refractivity contribution in [1.82, 2.24) is 4.31 Å². The van der Waals surface area contributed by atoms with E-state index < -0.39 is 11.9 Å². The second kappa shape index (κ2) is 4.02. The van der Waals surface area contributed by atoms with Gasteiger partial charge in [0.1, 0.15) is 0 Å². The van der Waals surface area contributed by atoms with Gasteiger partial charge in [-0.3, -0.25) is 0 Å². The Morgan fingerprint density at radius 1 is 1.19 bits per heavy atom. The molecule has 1 aliphatic heterocycles. The minimum absolute atomic E-state index is 0.327. The summed E-state index contributed by atoms with van der Waals surface area (Å²) >= 11 is 4.03. The summed E-state index contributed by atoms with van der Waals surface area (Å²) in [5, 5.41) is 0. The van der Waals surface area contributed by atoms with Crippen LogP contribution >= 0.6 is 12.8 Å². The van der Waals surface area contributed by atoms with E-state index in [0.29, 0.717) is 16.7 Å². The van der Waals surface area contributed by atoms with Gasteiger partial charge in [-0.25, -0.2) is 9.59 Å². The maximum Gasteiger partial charge on any atom is 0.348 e. The number of hydrogen-bond donors (Lipinski definition) is 1. The van der Waals surface area contributed by atoms with Crippen molar-refractivity contribution in [2.75, 3.05) is 7.05 Å². The molecule has 2 rings (SSSR count). The van der Waals surface area contributed by atoms with E-state index in [-0.39, 0.29) is 0 Å². The molecule has 0 aliphatic carbocycles. The van der Waals surface area contributed by atoms with E-state index in [1.54, 1.807) is 31.3 Å². The molecule has 0 bridgehead atoms. The zero-order valence-corrected chi connectivity index (χ0v) is 9.40. The van der Waals surface area contributed by atoms with Gasteiger partial charge in [0, 0.05) is 18.8 Å². The topological polar surface area (TPSA) is 46.6 Å². The first-order chi connectivity index (χ1) is 7.59. The van der Waals surface area contributed by atoms with Crippen molar-refractivity contribution in [2.24, 2.45) is 0 Å². The van der Waals surface area contributed by atoms with Crippen LogP contribution in [0.3, 0.4) is 0 Å². The number of ether oxygens (including phenoxy) is 1. The molecule has 0 saturated carbocycles. The molecule has 0 radical (unpaired) electrons. The fraction of sp³-hybridized carbons (Fsp3) is 0.0909. The Hall–Kier alpha value is -1.75. The second-order valence-corrected chi connectivity index (χ2v) is 3.97. The van der Waals surface area contributed by atoms with Crippen molar-refractivity contribution < 1.29 is 14.3 Å². The van der Waals surface area contributed by atoms with Gasteiger partial charge in [-0.05, 0) is 6.07 Å². The smallest absolute Gasteiger partial charge is 0.348 e. The Kier molecular flexibility index (Phi) is 2.70. The third-order valence-electron chi connectivity index (χ3n) is 2.16. The highest BCUT2D eigenvalue weighted by atomic mass is 32.1. The van der Waals surface area contributed by atoms with Crippen LogP contribution < -0.4 is 0 Å². The van der Waals surface area contributed by atoms with Gasteiger partial charge in [-0.2, -0.15) is 0 Å². The van der Waals surface area contributed by atoms with Gasteiger partial charge in [0.15, 0.2) is 0 Å². The molecule has 0 aromatic heterocycles. The van der Waals surface area contributed by atoms with E-state index in [0.717, 1.165) is 0 Å². The number of carbonyl (C=O) groups excluding carboxylic acids is 2. The highest BCUT2D eigenvalue weighted by molar-refractivity contribution is 7.77. The Balaban J connectivity index is 2.60. The molecular weight excluding hydrogens is 226 g/mol. The molecule has 0 fully saturated rings. The van der Waals surface area contributed by atoms with Crippen LogP contribution in [-0.2, 0) is 9.53 Å². The third kappa shape index (κ3) is 1.81. The number of rotatable bonds is 1. The molecular formula is C11H9NO3S. The predicted octanol–water partition coefficient (Wildman–Crippen LogP) is 1.50. The molecule has 1 heterocycles. The van der Waals surface area contributed by atoms with Gasteiger partial charge in [0.05, 0.1) is 11.1 Å². The average molecular weight is 235 g/mol. The number of fused-ring (bicyclic) bond motifs is 1. The van der Waals surface area contributed by atoms with Crippen LogP contribution in [0.5, 0.6) is 0 Å². The number of thiol groups is 1. The summed E-state index contributed by atoms with van der Waals surface area (Å²) in [6, 6.07) is 6.81. The molecule has 0 N–H and O–H groups in total. The molecule has 0 atom stereocenters. The van der Waals surface area contributed by atoms with Crippen LogP contribution in [0.4, 0.5) is 0 Å². The monoisotopic (exact) mass is 235 g/mol. The van der Waals surface area contributed by atoms with Crippen molar-refractivity contribution in [3.63, 3.8) is 0 Å². The summed E-state index contributed by atoms with van der Waals surface area (Å²) < 4.78 is 6.05. The number of benzene rings is 1. The molecule has 1 aromatic carbocycles. The molecule has 1 aliphatic rings. The van der Waals surface area contributed by atoms with Crippen LogP contribution in [0.15, 0.2) is 30.5 Å². The van der Waals surface area contributed by atoms with Crippen LogP contribution in [0.1, 0.15) is 15.9 Å². The normalized spacial score (nSPS) is 17.0. The molecule has 0 saturated heterocycles. The lowest BCUT2D eigenvalue weighted by Crippen LogP contribution is -2.22. The van der Waals surface area contributed by atoms with Gasteiger partial charge >= 0.3 is 11.9 Å². The van der Waals surface area contributed by atoms with E-state index in [4.69, 9.17) is 0 Å². The summed E-state index contributed by atoms with van der Waals surface area (Å²) in [4.78, 5) is 23.0. The van der Waals surface area contributed by atoms with E-state index in [2.05, 4.69) is 17.6 Å². The lowest BCUT2D eigenvalue weighted by Gasteiger charge is -2.17. The molecule has 82 valence electrons. The molecule has 0 spiro atoms. The molecule has 16 heavy (non-hydrogen) atoms. The first-order valence-corrected chi connectivity index (χ1v) is 4.99. The van der Waals surface area contributed by atoms with E-state index in [9.17, 15) is 9.59 Å². The van der Waals surface area contributed by atoms with Crippen molar-refractivity contribution >= 4 is 30.3 Å². The second-order valence-electron chi connectivity index (χ2n) is 3.34. The maximum atomic E-state index is 11.5. The first kappa shape index (κ1) is 10.8. The minimum Gasteiger partial charge on any atom is -0.386 e. The van der Waals surface area contributed by atoms with Gasteiger partial charge in [0.2, 0.25) is 0 Å². The largest absolute Gasteiger partial charge is 0.386 e. The van der Waals surface area contributed by atoms with Crippen molar-refractivity contribution in [3.05, 3.63) is 41.6 Å². The molecule has 4 nitrogen and oxygen atoms in total. The Labute approximate surface area is 98.0 Å². The fourth-order valence-corrected chi connectivity index (χ4v) is 1.62. The SMILES string of the molecule is CN(S)/C=C1/C(=O)OC(=O)c2ccccc21. The number of nitrogens with zero attached hydrogens (tertiary/aromatic N) is 1. The molecule has 0 amide bonds. The predicted molar refractivity (Wildman–Crippen MR) is 61.6 cm³/mol. The Bertz CT molecular complexity index is 494. The summed E-state index contributed by atoms with van der Waals surface area (Å²) in [6.07, 6.45) is 1.51. The summed E-state index contributed by atoms with van der Waals surface area (Å²) in [5.41, 5.74) is 1.29. The number of carbonyl (C=O) groups is 2. The van der Waals surface area contributed by atoms with Crippen LogP contribution in [-0.4, -0.2) is 23.3 Å². The van der Waals surface area contributed by atoms with Crippen molar-refractivity contribution in [2.45, 2.75) is 0 Å². The van der Waals surface area contributed by atoms with Crippen LogP contribution in [0.2, 0.25) is 0 Å². The van der Waals surface area contributed by atoms with Crippen LogP contribution in [0.25, 0.3) is 5.57 Å². The first-order valence-electron chi connectivity index (χ1n) is 4.59. The van der Waals surface area contributed by atoms with E-state index >= 15 is 0 Å².